The highest BCUT2D eigenvalue weighted by atomic mass is 16.4. The Morgan fingerprint density at radius 1 is 1.60 bits per heavy atom. The lowest BCUT2D eigenvalue weighted by atomic mass is 9.76. The first-order chi connectivity index (χ1) is 9.57. The van der Waals surface area contributed by atoms with Crippen LogP contribution in [0, 0.1) is 5.41 Å². The number of carbonyl (C=O) groups is 1. The van der Waals surface area contributed by atoms with E-state index in [1.807, 2.05) is 12.1 Å². The zero-order valence-corrected chi connectivity index (χ0v) is 12.5. The number of piperidine rings is 1. The molecule has 1 aromatic heterocycles. The first-order valence-corrected chi connectivity index (χ1v) is 7.57. The molecule has 1 aromatic rings. The van der Waals surface area contributed by atoms with Gasteiger partial charge in [-0.05, 0) is 44.9 Å². The van der Waals surface area contributed by atoms with Crippen molar-refractivity contribution in [1.29, 1.82) is 0 Å². The Morgan fingerprint density at radius 3 is 3.00 bits per heavy atom. The van der Waals surface area contributed by atoms with E-state index >= 15 is 0 Å². The molecule has 0 radical (unpaired) electrons. The molecule has 4 nitrogen and oxygen atoms in total. The van der Waals surface area contributed by atoms with Crippen LogP contribution < -0.4 is 0 Å². The van der Waals surface area contributed by atoms with Crippen molar-refractivity contribution in [2.24, 2.45) is 5.41 Å². The Kier molecular flexibility index (Phi) is 4.86. The summed E-state index contributed by atoms with van der Waals surface area (Å²) in [5, 5.41) is 9.63. The minimum absolute atomic E-state index is 0.317. The number of aliphatic carboxylic acids is 1. The molecule has 2 heterocycles. The Bertz CT molecular complexity index is 425. The average molecular weight is 279 g/mol. The van der Waals surface area contributed by atoms with Crippen LogP contribution in [0.25, 0.3) is 0 Å². The van der Waals surface area contributed by atoms with E-state index < -0.39 is 11.4 Å². The molecule has 0 bridgehead atoms. The van der Waals surface area contributed by atoms with Crippen LogP contribution in [0.2, 0.25) is 0 Å². The molecule has 1 saturated heterocycles. The van der Waals surface area contributed by atoms with Gasteiger partial charge in [-0.2, -0.15) is 0 Å². The van der Waals surface area contributed by atoms with Gasteiger partial charge in [-0.25, -0.2) is 0 Å². The van der Waals surface area contributed by atoms with E-state index in [1.54, 1.807) is 6.26 Å². The van der Waals surface area contributed by atoms with Gasteiger partial charge in [0, 0.05) is 19.0 Å². The maximum Gasteiger partial charge on any atom is 0.310 e. The molecule has 112 valence electrons. The van der Waals surface area contributed by atoms with E-state index in [9.17, 15) is 9.90 Å². The van der Waals surface area contributed by atoms with Crippen molar-refractivity contribution in [3.05, 3.63) is 24.2 Å². The molecular weight excluding hydrogens is 254 g/mol. The minimum Gasteiger partial charge on any atom is -0.481 e. The van der Waals surface area contributed by atoms with Crippen molar-refractivity contribution in [3.8, 4) is 0 Å². The number of carboxylic acids is 1. The molecule has 0 saturated carbocycles. The smallest absolute Gasteiger partial charge is 0.310 e. The van der Waals surface area contributed by atoms with Gasteiger partial charge in [0.2, 0.25) is 0 Å². The van der Waals surface area contributed by atoms with Crippen molar-refractivity contribution in [2.75, 3.05) is 13.1 Å². The van der Waals surface area contributed by atoms with Crippen LogP contribution >= 0.6 is 0 Å². The van der Waals surface area contributed by atoms with E-state index in [-0.39, 0.29) is 0 Å². The van der Waals surface area contributed by atoms with E-state index in [4.69, 9.17) is 4.42 Å². The quantitative estimate of drug-likeness (QED) is 0.869. The van der Waals surface area contributed by atoms with Gasteiger partial charge in [-0.1, -0.05) is 13.3 Å². The van der Waals surface area contributed by atoms with Crippen LogP contribution in [0.1, 0.15) is 45.3 Å². The van der Waals surface area contributed by atoms with E-state index in [2.05, 4.69) is 18.7 Å². The molecule has 2 unspecified atom stereocenters. The minimum atomic E-state index is -0.630. The Morgan fingerprint density at radius 2 is 2.40 bits per heavy atom. The fourth-order valence-corrected chi connectivity index (χ4v) is 3.36. The molecule has 2 atom stereocenters. The second-order valence-electron chi connectivity index (χ2n) is 6.04. The molecule has 0 amide bonds. The summed E-state index contributed by atoms with van der Waals surface area (Å²) in [6.07, 6.45) is 6.00. The summed E-state index contributed by atoms with van der Waals surface area (Å²) in [5.74, 6) is 0.341. The summed E-state index contributed by atoms with van der Waals surface area (Å²) in [7, 11) is 0. The van der Waals surface area contributed by atoms with Gasteiger partial charge in [-0.3, -0.25) is 9.69 Å². The van der Waals surface area contributed by atoms with Gasteiger partial charge in [-0.15, -0.1) is 0 Å². The van der Waals surface area contributed by atoms with Crippen LogP contribution in [0.4, 0.5) is 0 Å². The molecule has 1 aliphatic rings. The number of hydrogen-bond donors (Lipinski definition) is 1. The lowest BCUT2D eigenvalue weighted by molar-refractivity contribution is -0.153. The molecule has 1 N–H and O–H groups in total. The molecule has 0 spiro atoms. The van der Waals surface area contributed by atoms with Crippen molar-refractivity contribution in [2.45, 2.75) is 52.0 Å². The highest BCUT2D eigenvalue weighted by molar-refractivity contribution is 5.75. The SMILES string of the molecule is CCCC1(C(=O)O)CCCN(C(C)Cc2ccco2)C1. The lowest BCUT2D eigenvalue weighted by Crippen LogP contribution is -2.51. The van der Waals surface area contributed by atoms with Crippen LogP contribution in [-0.4, -0.2) is 35.1 Å². The van der Waals surface area contributed by atoms with Gasteiger partial charge in [0.1, 0.15) is 5.76 Å². The van der Waals surface area contributed by atoms with Crippen molar-refractivity contribution >= 4 is 5.97 Å². The monoisotopic (exact) mass is 279 g/mol. The highest BCUT2D eigenvalue weighted by Crippen LogP contribution is 2.36. The Labute approximate surface area is 120 Å². The van der Waals surface area contributed by atoms with E-state index in [0.717, 1.165) is 44.4 Å². The van der Waals surface area contributed by atoms with Crippen molar-refractivity contribution < 1.29 is 14.3 Å². The second-order valence-corrected chi connectivity index (χ2v) is 6.04. The maximum absolute atomic E-state index is 11.7. The fraction of sp³-hybridized carbons (Fsp3) is 0.688. The molecule has 1 fully saturated rings. The predicted octanol–water partition coefficient (Wildman–Crippen LogP) is 3.18. The normalized spacial score (nSPS) is 25.5. The summed E-state index contributed by atoms with van der Waals surface area (Å²) in [6, 6.07) is 4.20. The van der Waals surface area contributed by atoms with E-state index in [1.165, 1.54) is 0 Å². The third kappa shape index (κ3) is 3.23. The van der Waals surface area contributed by atoms with Crippen molar-refractivity contribution in [3.63, 3.8) is 0 Å². The lowest BCUT2D eigenvalue weighted by Gasteiger charge is -2.42. The van der Waals surface area contributed by atoms with Gasteiger partial charge >= 0.3 is 5.97 Å². The summed E-state index contributed by atoms with van der Waals surface area (Å²) in [4.78, 5) is 14.0. The third-order valence-electron chi connectivity index (χ3n) is 4.49. The number of nitrogens with zero attached hydrogens (tertiary/aromatic N) is 1. The second kappa shape index (κ2) is 6.44. The fourth-order valence-electron chi connectivity index (χ4n) is 3.36. The summed E-state index contributed by atoms with van der Waals surface area (Å²) < 4.78 is 5.40. The summed E-state index contributed by atoms with van der Waals surface area (Å²) >= 11 is 0. The highest BCUT2D eigenvalue weighted by Gasteiger charge is 2.42. The van der Waals surface area contributed by atoms with E-state index in [0.29, 0.717) is 12.6 Å². The molecule has 2 rings (SSSR count). The largest absolute Gasteiger partial charge is 0.481 e. The number of hydrogen-bond acceptors (Lipinski definition) is 3. The number of likely N-dealkylation sites (tertiary alicyclic amines) is 1. The van der Waals surface area contributed by atoms with Gasteiger partial charge in [0.15, 0.2) is 0 Å². The van der Waals surface area contributed by atoms with Crippen LogP contribution in [-0.2, 0) is 11.2 Å². The predicted molar refractivity (Wildman–Crippen MR) is 77.7 cm³/mol. The Hall–Kier alpha value is -1.29. The summed E-state index contributed by atoms with van der Waals surface area (Å²) in [5.41, 5.74) is -0.551. The number of carboxylic acid groups (broad SMARTS) is 1. The van der Waals surface area contributed by atoms with Gasteiger partial charge in [0.05, 0.1) is 11.7 Å². The number of furan rings is 1. The maximum atomic E-state index is 11.7. The molecule has 0 aliphatic carbocycles. The first kappa shape index (κ1) is 15.1. The first-order valence-electron chi connectivity index (χ1n) is 7.57. The van der Waals surface area contributed by atoms with Crippen LogP contribution in [0.15, 0.2) is 22.8 Å². The molecule has 0 aromatic carbocycles. The number of rotatable bonds is 6. The molecular formula is C16H25NO3. The van der Waals surface area contributed by atoms with Gasteiger partial charge < -0.3 is 9.52 Å². The third-order valence-corrected chi connectivity index (χ3v) is 4.49. The molecule has 4 heteroatoms. The average Bonchev–Trinajstić information content (AvgIpc) is 2.92. The summed E-state index contributed by atoms with van der Waals surface area (Å²) in [6.45, 7) is 5.88. The zero-order valence-electron chi connectivity index (χ0n) is 12.5. The molecule has 20 heavy (non-hydrogen) atoms. The zero-order chi connectivity index (χ0) is 14.6. The topological polar surface area (TPSA) is 53.7 Å². The standard InChI is InChI=1S/C16H25NO3/c1-3-7-16(15(18)19)8-5-9-17(12-16)13(2)11-14-6-4-10-20-14/h4,6,10,13H,3,5,7-9,11-12H2,1-2H3,(H,18,19). The van der Waals surface area contributed by atoms with Crippen LogP contribution in [0.5, 0.6) is 0 Å². The van der Waals surface area contributed by atoms with Gasteiger partial charge in [0.25, 0.3) is 0 Å². The molecule has 1 aliphatic heterocycles. The Balaban J connectivity index is 2.03. The van der Waals surface area contributed by atoms with Crippen LogP contribution in [0.3, 0.4) is 0 Å². The van der Waals surface area contributed by atoms with Crippen molar-refractivity contribution in [1.82, 2.24) is 4.90 Å².